The summed E-state index contributed by atoms with van der Waals surface area (Å²) in [6.45, 7) is 5.70. The SMILES string of the molecule is Cc1nc(N2C[C@H](O)[C@@H](N3CCN(C(=O)c4ccc(Cl)cc4)CC3)C2)c2cc(N)ccc2n1. The first-order valence-electron chi connectivity index (χ1n) is 11.1. The fourth-order valence-electron chi connectivity index (χ4n) is 4.82. The van der Waals surface area contributed by atoms with Crippen LogP contribution < -0.4 is 10.6 Å². The molecule has 1 aromatic heterocycles. The summed E-state index contributed by atoms with van der Waals surface area (Å²) >= 11 is 5.94. The number of hydrogen-bond donors (Lipinski definition) is 2. The second-order valence-electron chi connectivity index (χ2n) is 8.75. The molecule has 0 aliphatic carbocycles. The summed E-state index contributed by atoms with van der Waals surface area (Å²) in [5, 5.41) is 12.4. The molecular weight excluding hydrogens is 440 g/mol. The predicted octanol–water partition coefficient (Wildman–Crippen LogP) is 2.18. The van der Waals surface area contributed by atoms with Crippen LogP contribution in [0.2, 0.25) is 5.02 Å². The number of β-amino-alcohol motifs (C(OH)–C–C–N with tert-alkyl or cyclic N) is 1. The lowest BCUT2D eigenvalue weighted by Gasteiger charge is -2.38. The Balaban J connectivity index is 1.28. The zero-order chi connectivity index (χ0) is 23.1. The standard InChI is InChI=1S/C24H27ClN6O2/c1-15-27-20-7-6-18(26)12-19(20)23(28-15)31-13-21(22(32)14-31)29-8-10-30(11-9-29)24(33)16-2-4-17(25)5-3-16/h2-7,12,21-22,32H,8-11,13-14,26H2,1H3/t21-,22-/m0/s1. The Kier molecular flexibility index (Phi) is 5.82. The Morgan fingerprint density at radius 1 is 1.06 bits per heavy atom. The van der Waals surface area contributed by atoms with Gasteiger partial charge < -0.3 is 20.6 Å². The maximum atomic E-state index is 12.8. The summed E-state index contributed by atoms with van der Waals surface area (Å²) in [4.78, 5) is 28.3. The highest BCUT2D eigenvalue weighted by atomic mass is 35.5. The first-order chi connectivity index (χ1) is 15.9. The van der Waals surface area contributed by atoms with E-state index >= 15 is 0 Å². The van der Waals surface area contributed by atoms with E-state index in [1.54, 1.807) is 24.3 Å². The fraction of sp³-hybridized carbons (Fsp3) is 0.375. The van der Waals surface area contributed by atoms with Crippen LogP contribution in [-0.2, 0) is 0 Å². The molecule has 9 heteroatoms. The maximum Gasteiger partial charge on any atom is 0.253 e. The number of nitrogens with zero attached hydrogens (tertiary/aromatic N) is 5. The molecule has 2 saturated heterocycles. The quantitative estimate of drug-likeness (QED) is 0.571. The number of benzene rings is 2. The van der Waals surface area contributed by atoms with Crippen LogP contribution in [0.25, 0.3) is 10.9 Å². The summed E-state index contributed by atoms with van der Waals surface area (Å²) in [5.41, 5.74) is 8.17. The third-order valence-electron chi connectivity index (χ3n) is 6.53. The zero-order valence-electron chi connectivity index (χ0n) is 18.5. The van der Waals surface area contributed by atoms with Crippen molar-refractivity contribution in [2.45, 2.75) is 19.1 Å². The van der Waals surface area contributed by atoms with E-state index in [2.05, 4.69) is 19.8 Å². The van der Waals surface area contributed by atoms with E-state index in [4.69, 9.17) is 17.3 Å². The minimum absolute atomic E-state index is 0.0143. The van der Waals surface area contributed by atoms with Gasteiger partial charge in [-0.05, 0) is 49.4 Å². The Labute approximate surface area is 197 Å². The highest BCUT2D eigenvalue weighted by Gasteiger charge is 2.38. The molecule has 2 atom stereocenters. The number of aliphatic hydroxyl groups is 1. The molecule has 2 aliphatic heterocycles. The number of nitrogens with two attached hydrogens (primary N) is 1. The van der Waals surface area contributed by atoms with Crippen molar-refractivity contribution in [3.8, 4) is 0 Å². The predicted molar refractivity (Wildman–Crippen MR) is 130 cm³/mol. The maximum absolute atomic E-state index is 12.8. The summed E-state index contributed by atoms with van der Waals surface area (Å²) < 4.78 is 0. The molecule has 8 nitrogen and oxygen atoms in total. The van der Waals surface area contributed by atoms with Gasteiger partial charge in [-0.3, -0.25) is 9.69 Å². The van der Waals surface area contributed by atoms with Crippen LogP contribution in [0.3, 0.4) is 0 Å². The second-order valence-corrected chi connectivity index (χ2v) is 9.18. The van der Waals surface area contributed by atoms with Crippen molar-refractivity contribution in [2.75, 3.05) is 49.9 Å². The largest absolute Gasteiger partial charge is 0.399 e. The average molecular weight is 467 g/mol. The molecule has 0 spiro atoms. The number of aryl methyl sites for hydroxylation is 1. The van der Waals surface area contributed by atoms with Crippen LogP contribution in [0.1, 0.15) is 16.2 Å². The monoisotopic (exact) mass is 466 g/mol. The smallest absolute Gasteiger partial charge is 0.253 e. The van der Waals surface area contributed by atoms with Crippen molar-refractivity contribution in [1.82, 2.24) is 19.8 Å². The summed E-state index contributed by atoms with van der Waals surface area (Å²) in [6.07, 6.45) is -0.505. The number of hydrogen-bond acceptors (Lipinski definition) is 7. The van der Waals surface area contributed by atoms with Crippen molar-refractivity contribution in [3.63, 3.8) is 0 Å². The lowest BCUT2D eigenvalue weighted by atomic mass is 10.1. The third kappa shape index (κ3) is 4.34. The van der Waals surface area contributed by atoms with Gasteiger partial charge in [-0.1, -0.05) is 11.6 Å². The first kappa shape index (κ1) is 21.9. The number of anilines is 2. The van der Waals surface area contributed by atoms with E-state index in [0.717, 1.165) is 16.7 Å². The molecule has 33 heavy (non-hydrogen) atoms. The van der Waals surface area contributed by atoms with Gasteiger partial charge in [0, 0.05) is 60.9 Å². The van der Waals surface area contributed by atoms with Gasteiger partial charge in [-0.15, -0.1) is 0 Å². The first-order valence-corrected chi connectivity index (χ1v) is 11.5. The number of amides is 1. The number of halogens is 1. The van der Waals surface area contributed by atoms with E-state index in [1.807, 2.05) is 30.0 Å². The van der Waals surface area contributed by atoms with Crippen LogP contribution in [0.4, 0.5) is 11.5 Å². The van der Waals surface area contributed by atoms with Crippen molar-refractivity contribution in [1.29, 1.82) is 0 Å². The number of fused-ring (bicyclic) bond motifs is 1. The molecular formula is C24H27ClN6O2. The summed E-state index contributed by atoms with van der Waals surface area (Å²) in [5.74, 6) is 1.51. The molecule has 5 rings (SSSR count). The van der Waals surface area contributed by atoms with E-state index in [-0.39, 0.29) is 11.9 Å². The van der Waals surface area contributed by atoms with Crippen LogP contribution in [-0.4, -0.2) is 82.2 Å². The molecule has 3 heterocycles. The number of aliphatic hydroxyl groups excluding tert-OH is 1. The molecule has 172 valence electrons. The van der Waals surface area contributed by atoms with Crippen LogP contribution in [0.15, 0.2) is 42.5 Å². The number of aromatic nitrogens is 2. The minimum Gasteiger partial charge on any atom is -0.399 e. The number of nitrogen functional groups attached to an aromatic ring is 1. The Morgan fingerprint density at radius 2 is 1.79 bits per heavy atom. The van der Waals surface area contributed by atoms with Gasteiger partial charge >= 0.3 is 0 Å². The van der Waals surface area contributed by atoms with Crippen LogP contribution in [0.5, 0.6) is 0 Å². The molecule has 1 amide bonds. The number of piperazine rings is 1. The highest BCUT2D eigenvalue weighted by Crippen LogP contribution is 2.30. The molecule has 2 aliphatic rings. The number of carbonyl (C=O) groups is 1. The minimum atomic E-state index is -0.505. The van der Waals surface area contributed by atoms with E-state index in [9.17, 15) is 9.90 Å². The Hall–Kier alpha value is -2.94. The van der Waals surface area contributed by atoms with Gasteiger partial charge in [0.15, 0.2) is 0 Å². The van der Waals surface area contributed by atoms with E-state index < -0.39 is 6.10 Å². The fourth-order valence-corrected chi connectivity index (χ4v) is 4.94. The Morgan fingerprint density at radius 3 is 2.52 bits per heavy atom. The van der Waals surface area contributed by atoms with Crippen molar-refractivity contribution >= 4 is 39.9 Å². The van der Waals surface area contributed by atoms with Crippen molar-refractivity contribution in [3.05, 3.63) is 58.9 Å². The second kappa shape index (κ2) is 8.78. The summed E-state index contributed by atoms with van der Waals surface area (Å²) in [6, 6.07) is 12.6. The van der Waals surface area contributed by atoms with Crippen LogP contribution in [0, 0.1) is 6.92 Å². The van der Waals surface area contributed by atoms with Gasteiger partial charge in [0.05, 0.1) is 17.7 Å². The van der Waals surface area contributed by atoms with E-state index in [1.165, 1.54) is 0 Å². The molecule has 2 fully saturated rings. The summed E-state index contributed by atoms with van der Waals surface area (Å²) in [7, 11) is 0. The Bertz CT molecular complexity index is 1180. The molecule has 0 saturated carbocycles. The van der Waals surface area contributed by atoms with Gasteiger partial charge in [-0.25, -0.2) is 9.97 Å². The van der Waals surface area contributed by atoms with Crippen molar-refractivity contribution < 1.29 is 9.90 Å². The van der Waals surface area contributed by atoms with Gasteiger partial charge in [-0.2, -0.15) is 0 Å². The molecule has 0 bridgehead atoms. The van der Waals surface area contributed by atoms with Crippen molar-refractivity contribution in [2.24, 2.45) is 0 Å². The third-order valence-corrected chi connectivity index (χ3v) is 6.78. The van der Waals surface area contributed by atoms with Gasteiger partial charge in [0.1, 0.15) is 11.6 Å². The topological polar surface area (TPSA) is 98.8 Å². The van der Waals surface area contributed by atoms with Gasteiger partial charge in [0.25, 0.3) is 5.91 Å². The molecule has 3 N–H and O–H groups in total. The lowest BCUT2D eigenvalue weighted by Crippen LogP contribution is -2.54. The average Bonchev–Trinajstić information content (AvgIpc) is 3.20. The van der Waals surface area contributed by atoms with Crippen LogP contribution >= 0.6 is 11.6 Å². The highest BCUT2D eigenvalue weighted by molar-refractivity contribution is 6.30. The number of rotatable bonds is 3. The van der Waals surface area contributed by atoms with Gasteiger partial charge in [0.2, 0.25) is 0 Å². The molecule has 0 radical (unpaired) electrons. The molecule has 0 unspecified atom stereocenters. The normalized spacial score (nSPS) is 21.7. The molecule has 3 aromatic rings. The lowest BCUT2D eigenvalue weighted by molar-refractivity contribution is 0.0376. The molecule has 2 aromatic carbocycles. The van der Waals surface area contributed by atoms with E-state index in [0.29, 0.717) is 61.4 Å². The zero-order valence-corrected chi connectivity index (χ0v) is 19.2. The number of carbonyl (C=O) groups excluding carboxylic acids is 1.